The second kappa shape index (κ2) is 5.87. The minimum absolute atomic E-state index is 0.0107. The highest BCUT2D eigenvalue weighted by Gasteiger charge is 2.65. The number of hydrogen-bond acceptors (Lipinski definition) is 5. The van der Waals surface area contributed by atoms with Gasteiger partial charge in [-0.25, -0.2) is 8.78 Å². The zero-order valence-corrected chi connectivity index (χ0v) is 14.5. The first-order valence-electron chi connectivity index (χ1n) is 7.29. The van der Waals surface area contributed by atoms with E-state index in [1.165, 1.54) is 11.9 Å². The summed E-state index contributed by atoms with van der Waals surface area (Å²) in [6.45, 7) is 1.58. The van der Waals surface area contributed by atoms with Gasteiger partial charge >= 0.3 is 5.97 Å². The Kier molecular flexibility index (Phi) is 4.15. The topological polar surface area (TPSA) is 71.3 Å². The average Bonchev–Trinajstić information content (AvgIpc) is 3.02. The molecule has 0 saturated heterocycles. The van der Waals surface area contributed by atoms with Crippen LogP contribution in [0.25, 0.3) is 0 Å². The minimum atomic E-state index is -2.93. The number of azo groups is 1. The van der Waals surface area contributed by atoms with E-state index in [0.717, 1.165) is 0 Å². The molecule has 0 fully saturated rings. The maximum atomic E-state index is 13.4. The van der Waals surface area contributed by atoms with Gasteiger partial charge in [0.15, 0.2) is 0 Å². The van der Waals surface area contributed by atoms with Gasteiger partial charge in [0.2, 0.25) is 5.54 Å². The Labute approximate surface area is 145 Å². The van der Waals surface area contributed by atoms with Crippen LogP contribution in [0.4, 0.5) is 14.5 Å². The summed E-state index contributed by atoms with van der Waals surface area (Å²) in [5, 5.41) is 7.48. The number of carbonyl (C=O) groups is 2. The Balaban J connectivity index is 2.21. The predicted octanol–water partition coefficient (Wildman–Crippen LogP) is 2.90. The van der Waals surface area contributed by atoms with Crippen molar-refractivity contribution in [3.63, 3.8) is 0 Å². The second-order valence-corrected chi connectivity index (χ2v) is 6.48. The normalized spacial score (nSPS) is 28.1. The largest absolute Gasteiger partial charge is 0.466 e. The van der Waals surface area contributed by atoms with Crippen molar-refractivity contribution in [1.29, 1.82) is 0 Å². The Morgan fingerprint density at radius 2 is 2.21 bits per heavy atom. The molecule has 0 bridgehead atoms. The minimum Gasteiger partial charge on any atom is -0.466 e. The molecule has 0 N–H and O–H groups in total. The summed E-state index contributed by atoms with van der Waals surface area (Å²) in [4.78, 5) is 26.6. The van der Waals surface area contributed by atoms with Crippen LogP contribution in [0.3, 0.4) is 0 Å². The third-order valence-corrected chi connectivity index (χ3v) is 4.79. The lowest BCUT2D eigenvalue weighted by molar-refractivity contribution is -0.154. The molecular formula is C15H14BrF2N3O3. The van der Waals surface area contributed by atoms with E-state index in [9.17, 15) is 18.4 Å². The molecule has 3 rings (SSSR count). The number of esters is 1. The van der Waals surface area contributed by atoms with E-state index in [1.54, 1.807) is 25.1 Å². The number of carbonyl (C=O) groups excluding carboxylic acids is 2. The highest BCUT2D eigenvalue weighted by molar-refractivity contribution is 9.10. The van der Waals surface area contributed by atoms with Gasteiger partial charge in [0.05, 0.1) is 6.61 Å². The molecule has 0 saturated carbocycles. The number of halogens is 3. The predicted molar refractivity (Wildman–Crippen MR) is 84.0 cm³/mol. The van der Waals surface area contributed by atoms with Crippen LogP contribution in [0.5, 0.6) is 0 Å². The molecule has 2 aliphatic heterocycles. The highest BCUT2D eigenvalue weighted by atomic mass is 79.9. The van der Waals surface area contributed by atoms with E-state index in [4.69, 9.17) is 4.74 Å². The van der Waals surface area contributed by atoms with Crippen molar-refractivity contribution in [2.75, 3.05) is 18.6 Å². The van der Waals surface area contributed by atoms with Crippen molar-refractivity contribution in [3.8, 4) is 0 Å². The number of anilines is 1. The molecule has 128 valence electrons. The molecule has 1 aromatic carbocycles. The molecule has 3 unspecified atom stereocenters. The maximum absolute atomic E-state index is 13.4. The van der Waals surface area contributed by atoms with Crippen LogP contribution in [0.2, 0.25) is 0 Å². The van der Waals surface area contributed by atoms with Crippen molar-refractivity contribution in [3.05, 3.63) is 28.2 Å². The SMILES string of the molecule is CCOC(=O)C1C(C(F)F)N=NC12C(=O)N(C)c1ccc(Br)cc12. The van der Waals surface area contributed by atoms with Gasteiger partial charge in [0, 0.05) is 22.8 Å². The van der Waals surface area contributed by atoms with Gasteiger partial charge in [-0.05, 0) is 25.1 Å². The number of fused-ring (bicyclic) bond motifs is 2. The first kappa shape index (κ1) is 16.9. The number of rotatable bonds is 3. The molecule has 0 aliphatic carbocycles. The zero-order valence-electron chi connectivity index (χ0n) is 12.9. The fraction of sp³-hybridized carbons (Fsp3) is 0.467. The molecule has 0 aromatic heterocycles. The Hall–Kier alpha value is -1.90. The molecule has 1 spiro atoms. The number of nitrogens with zero attached hydrogens (tertiary/aromatic N) is 3. The standard InChI is InChI=1S/C15H14BrF2N3O3/c1-3-24-13(22)10-11(12(17)18)19-20-15(10)8-6-7(16)4-5-9(8)21(2)14(15)23/h4-6,10-12H,3H2,1-2H3. The molecule has 24 heavy (non-hydrogen) atoms. The van der Waals surface area contributed by atoms with Crippen LogP contribution in [0.15, 0.2) is 32.9 Å². The molecular weight excluding hydrogens is 388 g/mol. The first-order valence-corrected chi connectivity index (χ1v) is 8.08. The van der Waals surface area contributed by atoms with Gasteiger partial charge in [-0.3, -0.25) is 9.59 Å². The average molecular weight is 402 g/mol. The highest BCUT2D eigenvalue weighted by Crippen LogP contribution is 2.53. The second-order valence-electron chi connectivity index (χ2n) is 5.56. The number of hydrogen-bond donors (Lipinski definition) is 0. The van der Waals surface area contributed by atoms with E-state index >= 15 is 0 Å². The van der Waals surface area contributed by atoms with Crippen molar-refractivity contribution in [1.82, 2.24) is 0 Å². The van der Waals surface area contributed by atoms with E-state index in [2.05, 4.69) is 26.2 Å². The molecule has 6 nitrogen and oxygen atoms in total. The number of benzene rings is 1. The smallest absolute Gasteiger partial charge is 0.314 e. The van der Waals surface area contributed by atoms with E-state index < -0.39 is 35.8 Å². The Morgan fingerprint density at radius 1 is 1.50 bits per heavy atom. The summed E-state index contributed by atoms with van der Waals surface area (Å²) < 4.78 is 32.4. The molecule has 1 aromatic rings. The van der Waals surface area contributed by atoms with Crippen molar-refractivity contribution in [2.24, 2.45) is 16.1 Å². The first-order chi connectivity index (χ1) is 11.3. The third kappa shape index (κ3) is 2.17. The van der Waals surface area contributed by atoms with Gasteiger partial charge in [0.1, 0.15) is 12.0 Å². The van der Waals surface area contributed by atoms with Crippen LogP contribution < -0.4 is 4.90 Å². The molecule has 0 radical (unpaired) electrons. The molecule has 2 heterocycles. The van der Waals surface area contributed by atoms with Gasteiger partial charge in [-0.15, -0.1) is 0 Å². The third-order valence-electron chi connectivity index (χ3n) is 4.30. The lowest BCUT2D eigenvalue weighted by atomic mass is 9.77. The van der Waals surface area contributed by atoms with E-state index in [0.29, 0.717) is 15.7 Å². The Morgan fingerprint density at radius 3 is 2.83 bits per heavy atom. The van der Waals surface area contributed by atoms with Gasteiger partial charge in [-0.1, -0.05) is 15.9 Å². The van der Waals surface area contributed by atoms with Gasteiger partial charge in [0.25, 0.3) is 12.3 Å². The van der Waals surface area contributed by atoms with Crippen LogP contribution in [-0.2, 0) is 19.9 Å². The monoisotopic (exact) mass is 401 g/mol. The van der Waals surface area contributed by atoms with Crippen LogP contribution in [-0.4, -0.2) is 38.0 Å². The van der Waals surface area contributed by atoms with E-state index in [1.807, 2.05) is 0 Å². The quantitative estimate of drug-likeness (QED) is 0.731. The van der Waals surface area contributed by atoms with Crippen molar-refractivity contribution in [2.45, 2.75) is 24.9 Å². The molecule has 3 atom stereocenters. The number of alkyl halides is 2. The molecule has 1 amide bonds. The van der Waals surface area contributed by atoms with Crippen molar-refractivity contribution < 1.29 is 23.1 Å². The fourth-order valence-corrected chi connectivity index (χ4v) is 3.62. The van der Waals surface area contributed by atoms with Gasteiger partial charge < -0.3 is 9.64 Å². The summed E-state index contributed by atoms with van der Waals surface area (Å²) in [6.07, 6.45) is -2.93. The lowest BCUT2D eigenvalue weighted by Crippen LogP contribution is -2.49. The van der Waals surface area contributed by atoms with Gasteiger partial charge in [-0.2, -0.15) is 10.2 Å². The van der Waals surface area contributed by atoms with Crippen LogP contribution >= 0.6 is 15.9 Å². The Bertz CT molecular complexity index is 743. The lowest BCUT2D eigenvalue weighted by Gasteiger charge is -2.27. The van der Waals surface area contributed by atoms with Crippen molar-refractivity contribution >= 4 is 33.5 Å². The number of amides is 1. The molecule has 2 aliphatic rings. The van der Waals surface area contributed by atoms with Crippen LogP contribution in [0, 0.1) is 5.92 Å². The van der Waals surface area contributed by atoms with E-state index in [-0.39, 0.29) is 6.61 Å². The molecule has 9 heteroatoms. The zero-order chi connectivity index (χ0) is 17.6. The summed E-state index contributed by atoms with van der Waals surface area (Å²) in [5.74, 6) is -2.97. The number of ether oxygens (including phenoxy) is 1. The fourth-order valence-electron chi connectivity index (χ4n) is 3.26. The van der Waals surface area contributed by atoms with Crippen LogP contribution in [0.1, 0.15) is 12.5 Å². The number of likely N-dealkylation sites (N-methyl/N-ethyl adjacent to an activating group) is 1. The summed E-state index contributed by atoms with van der Waals surface area (Å²) in [7, 11) is 1.51. The maximum Gasteiger partial charge on any atom is 0.314 e. The summed E-state index contributed by atoms with van der Waals surface area (Å²) >= 11 is 3.30. The summed E-state index contributed by atoms with van der Waals surface area (Å²) in [6, 6.07) is 3.28. The summed E-state index contributed by atoms with van der Waals surface area (Å²) in [5.41, 5.74) is -0.929.